The molecular weight excluding hydrogens is 297 g/mol. The van der Waals surface area contributed by atoms with Gasteiger partial charge >= 0.3 is 0 Å². The Hall–Kier alpha value is -1.95. The maximum Gasteiger partial charge on any atom is 0.223 e. The third-order valence-corrected chi connectivity index (χ3v) is 4.22. The van der Waals surface area contributed by atoms with Crippen molar-refractivity contribution in [3.8, 4) is 0 Å². The molecule has 1 atom stereocenters. The Morgan fingerprint density at radius 2 is 2.35 bits per heavy atom. The van der Waals surface area contributed by atoms with Crippen molar-refractivity contribution in [2.75, 3.05) is 13.2 Å². The van der Waals surface area contributed by atoms with E-state index in [2.05, 4.69) is 15.3 Å². The number of carbonyl (C=O) groups excluding carboxylic acids is 1. The van der Waals surface area contributed by atoms with Crippen LogP contribution in [0.15, 0.2) is 18.2 Å². The number of hydrogen-bond donors (Lipinski definition) is 2. The fourth-order valence-corrected chi connectivity index (χ4v) is 3.06. The second-order valence-electron chi connectivity index (χ2n) is 6.68. The molecule has 23 heavy (non-hydrogen) atoms. The number of amides is 1. The molecule has 1 saturated heterocycles. The van der Waals surface area contributed by atoms with E-state index in [0.717, 1.165) is 24.2 Å². The average Bonchev–Trinajstić information content (AvgIpc) is 2.87. The number of carbonyl (C=O) groups is 1. The molecule has 0 saturated carbocycles. The first-order valence-corrected chi connectivity index (χ1v) is 7.99. The summed E-state index contributed by atoms with van der Waals surface area (Å²) in [5.41, 5.74) is 1.18. The van der Waals surface area contributed by atoms with Crippen LogP contribution in [0.3, 0.4) is 0 Å². The quantitative estimate of drug-likeness (QED) is 0.910. The normalized spacial score (nSPS) is 20.6. The summed E-state index contributed by atoms with van der Waals surface area (Å²) >= 11 is 0. The first-order chi connectivity index (χ1) is 10.9. The van der Waals surface area contributed by atoms with Crippen molar-refractivity contribution in [2.45, 2.75) is 38.7 Å². The predicted octanol–water partition coefficient (Wildman–Crippen LogP) is 2.57. The summed E-state index contributed by atoms with van der Waals surface area (Å²) < 4.78 is 18.8. The second kappa shape index (κ2) is 6.28. The van der Waals surface area contributed by atoms with Crippen molar-refractivity contribution < 1.29 is 13.9 Å². The van der Waals surface area contributed by atoms with Gasteiger partial charge in [0.25, 0.3) is 0 Å². The molecule has 1 aromatic carbocycles. The maximum atomic E-state index is 13.2. The Balaban J connectivity index is 1.53. The SMILES string of the molecule is CC1(C)C[C@H](C(=O)NCCc2nc3ccc(F)cc3[nH]2)CCO1. The van der Waals surface area contributed by atoms with Crippen LogP contribution in [0.2, 0.25) is 0 Å². The van der Waals surface area contributed by atoms with E-state index in [1.807, 2.05) is 13.8 Å². The lowest BCUT2D eigenvalue weighted by atomic mass is 9.88. The number of fused-ring (bicyclic) bond motifs is 1. The summed E-state index contributed by atoms with van der Waals surface area (Å²) in [4.78, 5) is 19.7. The Morgan fingerprint density at radius 1 is 1.52 bits per heavy atom. The molecule has 5 nitrogen and oxygen atoms in total. The van der Waals surface area contributed by atoms with Gasteiger partial charge in [-0.05, 0) is 44.9 Å². The molecule has 124 valence electrons. The van der Waals surface area contributed by atoms with Crippen molar-refractivity contribution in [3.05, 3.63) is 29.8 Å². The molecule has 0 spiro atoms. The summed E-state index contributed by atoms with van der Waals surface area (Å²) in [6.45, 7) is 5.17. The molecule has 2 aromatic rings. The smallest absolute Gasteiger partial charge is 0.223 e. The first kappa shape index (κ1) is 15.9. The van der Waals surface area contributed by atoms with E-state index >= 15 is 0 Å². The largest absolute Gasteiger partial charge is 0.376 e. The van der Waals surface area contributed by atoms with E-state index in [-0.39, 0.29) is 23.2 Å². The lowest BCUT2D eigenvalue weighted by Crippen LogP contribution is -2.41. The molecule has 1 aliphatic heterocycles. The number of imidazole rings is 1. The molecule has 2 heterocycles. The number of aromatic amines is 1. The monoisotopic (exact) mass is 319 g/mol. The van der Waals surface area contributed by atoms with Gasteiger partial charge in [0.1, 0.15) is 11.6 Å². The van der Waals surface area contributed by atoms with Gasteiger partial charge in [0.15, 0.2) is 0 Å². The number of benzene rings is 1. The lowest BCUT2D eigenvalue weighted by molar-refractivity contribution is -0.135. The zero-order chi connectivity index (χ0) is 16.4. The van der Waals surface area contributed by atoms with E-state index in [9.17, 15) is 9.18 Å². The fraction of sp³-hybridized carbons (Fsp3) is 0.529. The van der Waals surface area contributed by atoms with Crippen LogP contribution in [0.4, 0.5) is 4.39 Å². The van der Waals surface area contributed by atoms with E-state index in [1.54, 1.807) is 6.07 Å². The molecule has 1 fully saturated rings. The number of ether oxygens (including phenoxy) is 1. The molecule has 0 bridgehead atoms. The van der Waals surface area contributed by atoms with Crippen LogP contribution in [-0.4, -0.2) is 34.6 Å². The first-order valence-electron chi connectivity index (χ1n) is 7.99. The van der Waals surface area contributed by atoms with Gasteiger partial charge in [0.05, 0.1) is 16.6 Å². The number of H-pyrrole nitrogens is 1. The zero-order valence-corrected chi connectivity index (χ0v) is 13.5. The lowest BCUT2D eigenvalue weighted by Gasteiger charge is -2.34. The van der Waals surface area contributed by atoms with Gasteiger partial charge in [-0.15, -0.1) is 0 Å². The molecule has 0 radical (unpaired) electrons. The molecule has 3 rings (SSSR count). The summed E-state index contributed by atoms with van der Waals surface area (Å²) in [5.74, 6) is 0.536. The highest BCUT2D eigenvalue weighted by molar-refractivity contribution is 5.79. The van der Waals surface area contributed by atoms with Crippen molar-refractivity contribution in [3.63, 3.8) is 0 Å². The van der Waals surface area contributed by atoms with Crippen LogP contribution in [0.5, 0.6) is 0 Å². The van der Waals surface area contributed by atoms with E-state index in [0.29, 0.717) is 25.1 Å². The predicted molar refractivity (Wildman–Crippen MR) is 85.5 cm³/mol. The zero-order valence-electron chi connectivity index (χ0n) is 13.5. The number of nitrogens with zero attached hydrogens (tertiary/aromatic N) is 1. The van der Waals surface area contributed by atoms with Crippen LogP contribution in [-0.2, 0) is 16.0 Å². The van der Waals surface area contributed by atoms with Crippen LogP contribution in [0.25, 0.3) is 11.0 Å². The topological polar surface area (TPSA) is 67.0 Å². The van der Waals surface area contributed by atoms with Gasteiger partial charge in [-0.25, -0.2) is 9.37 Å². The third-order valence-electron chi connectivity index (χ3n) is 4.22. The molecule has 1 aromatic heterocycles. The molecule has 0 aliphatic carbocycles. The van der Waals surface area contributed by atoms with Gasteiger partial charge in [0.2, 0.25) is 5.91 Å². The highest BCUT2D eigenvalue weighted by Gasteiger charge is 2.32. The number of rotatable bonds is 4. The average molecular weight is 319 g/mol. The van der Waals surface area contributed by atoms with Crippen molar-refractivity contribution in [1.29, 1.82) is 0 Å². The molecule has 2 N–H and O–H groups in total. The van der Waals surface area contributed by atoms with Gasteiger partial charge in [-0.2, -0.15) is 0 Å². The van der Waals surface area contributed by atoms with Gasteiger partial charge in [0, 0.05) is 25.5 Å². The van der Waals surface area contributed by atoms with Gasteiger partial charge < -0.3 is 15.0 Å². The molecule has 0 unspecified atom stereocenters. The number of halogens is 1. The fourth-order valence-electron chi connectivity index (χ4n) is 3.06. The third kappa shape index (κ3) is 3.88. The van der Waals surface area contributed by atoms with E-state index in [1.165, 1.54) is 12.1 Å². The number of hydrogen-bond acceptors (Lipinski definition) is 3. The standard InChI is InChI=1S/C17H22FN3O2/c1-17(2)10-11(6-8-23-17)16(22)19-7-5-15-20-13-4-3-12(18)9-14(13)21-15/h3-4,9,11H,5-8,10H2,1-2H3,(H,19,22)(H,20,21)/t11-/m1/s1. The Morgan fingerprint density at radius 3 is 3.13 bits per heavy atom. The molecule has 1 aliphatic rings. The number of nitrogens with one attached hydrogen (secondary N) is 2. The second-order valence-corrected chi connectivity index (χ2v) is 6.68. The van der Waals surface area contributed by atoms with Crippen molar-refractivity contribution >= 4 is 16.9 Å². The Labute approximate surface area is 134 Å². The van der Waals surface area contributed by atoms with Gasteiger partial charge in [-0.1, -0.05) is 0 Å². The maximum absolute atomic E-state index is 13.2. The molecular formula is C17H22FN3O2. The summed E-state index contributed by atoms with van der Waals surface area (Å²) in [6, 6.07) is 4.46. The minimum Gasteiger partial charge on any atom is -0.376 e. The van der Waals surface area contributed by atoms with Crippen LogP contribution < -0.4 is 5.32 Å². The summed E-state index contributed by atoms with van der Waals surface area (Å²) in [5, 5.41) is 2.97. The van der Waals surface area contributed by atoms with Gasteiger partial charge in [-0.3, -0.25) is 4.79 Å². The minimum atomic E-state index is -0.289. The number of aromatic nitrogens is 2. The van der Waals surface area contributed by atoms with Crippen molar-refractivity contribution in [1.82, 2.24) is 15.3 Å². The highest BCUT2D eigenvalue weighted by Crippen LogP contribution is 2.28. The molecule has 1 amide bonds. The summed E-state index contributed by atoms with van der Waals surface area (Å²) in [6.07, 6.45) is 2.09. The van der Waals surface area contributed by atoms with Crippen LogP contribution in [0.1, 0.15) is 32.5 Å². The van der Waals surface area contributed by atoms with Crippen molar-refractivity contribution in [2.24, 2.45) is 5.92 Å². The summed E-state index contributed by atoms with van der Waals surface area (Å²) in [7, 11) is 0. The molecule has 6 heteroatoms. The Bertz CT molecular complexity index is 711. The highest BCUT2D eigenvalue weighted by atomic mass is 19.1. The minimum absolute atomic E-state index is 0.00326. The van der Waals surface area contributed by atoms with Crippen LogP contribution in [0, 0.1) is 11.7 Å². The van der Waals surface area contributed by atoms with E-state index < -0.39 is 0 Å². The van der Waals surface area contributed by atoms with E-state index in [4.69, 9.17) is 4.74 Å². The van der Waals surface area contributed by atoms with Crippen LogP contribution >= 0.6 is 0 Å². The Kier molecular flexibility index (Phi) is 4.35.